The Kier molecular flexibility index (Phi) is 5.08. The zero-order valence-corrected chi connectivity index (χ0v) is 14.4. The van der Waals surface area contributed by atoms with Gasteiger partial charge in [0, 0.05) is 12.6 Å². The summed E-state index contributed by atoms with van der Waals surface area (Å²) in [6.07, 6.45) is 0. The molecule has 0 N–H and O–H groups in total. The van der Waals surface area contributed by atoms with E-state index in [1.807, 2.05) is 13.0 Å². The van der Waals surface area contributed by atoms with Gasteiger partial charge >= 0.3 is 5.69 Å². The van der Waals surface area contributed by atoms with Crippen molar-refractivity contribution in [3.63, 3.8) is 0 Å². The number of hydrogen-bond donors (Lipinski definition) is 0. The van der Waals surface area contributed by atoms with E-state index in [4.69, 9.17) is 4.74 Å². The number of anilines is 1. The van der Waals surface area contributed by atoms with Crippen molar-refractivity contribution in [3.05, 3.63) is 58.1 Å². The maximum atomic E-state index is 12.9. The van der Waals surface area contributed by atoms with Crippen molar-refractivity contribution >= 4 is 21.4 Å². The molecule has 0 aliphatic heterocycles. The van der Waals surface area contributed by atoms with E-state index in [0.717, 1.165) is 11.6 Å². The van der Waals surface area contributed by atoms with Crippen LogP contribution in [-0.2, 0) is 10.0 Å². The minimum absolute atomic E-state index is 0.0116. The highest BCUT2D eigenvalue weighted by atomic mass is 32.2. The van der Waals surface area contributed by atoms with Gasteiger partial charge in [0.1, 0.15) is 0 Å². The van der Waals surface area contributed by atoms with E-state index in [-0.39, 0.29) is 22.9 Å². The van der Waals surface area contributed by atoms with Crippen LogP contribution in [0.15, 0.2) is 47.4 Å². The molecule has 0 saturated heterocycles. The maximum Gasteiger partial charge on any atom is 0.312 e. The quantitative estimate of drug-likeness (QED) is 0.590. The second-order valence-electron chi connectivity index (χ2n) is 5.10. The van der Waals surface area contributed by atoms with Crippen molar-refractivity contribution in [2.24, 2.45) is 0 Å². The SMILES string of the molecule is CCN(c1cccc(C)c1)S(=O)(=O)c1ccc(OC)c([N+](=O)[O-])c1. The Balaban J connectivity index is 2.56. The van der Waals surface area contributed by atoms with Crippen LogP contribution < -0.4 is 9.04 Å². The smallest absolute Gasteiger partial charge is 0.312 e. The second kappa shape index (κ2) is 6.88. The lowest BCUT2D eigenvalue weighted by atomic mass is 10.2. The predicted molar refractivity (Wildman–Crippen MR) is 91.0 cm³/mol. The van der Waals surface area contributed by atoms with E-state index in [9.17, 15) is 18.5 Å². The molecule has 0 fully saturated rings. The van der Waals surface area contributed by atoms with Gasteiger partial charge in [-0.1, -0.05) is 12.1 Å². The molecule has 0 saturated carbocycles. The van der Waals surface area contributed by atoms with Gasteiger partial charge in [-0.3, -0.25) is 14.4 Å². The average Bonchev–Trinajstić information content (AvgIpc) is 2.54. The Morgan fingerprint density at radius 1 is 1.21 bits per heavy atom. The molecular formula is C16H18N2O5S. The van der Waals surface area contributed by atoms with Crippen LogP contribution in [0.1, 0.15) is 12.5 Å². The number of sulfonamides is 1. The first-order valence-corrected chi connectivity index (χ1v) is 8.67. The highest BCUT2D eigenvalue weighted by molar-refractivity contribution is 7.92. The zero-order valence-electron chi connectivity index (χ0n) is 13.6. The summed E-state index contributed by atoms with van der Waals surface area (Å²) in [7, 11) is -2.64. The molecule has 0 aliphatic carbocycles. The van der Waals surface area contributed by atoms with Crippen LogP contribution in [0.5, 0.6) is 5.75 Å². The van der Waals surface area contributed by atoms with Crippen LogP contribution in [0.3, 0.4) is 0 Å². The first-order valence-electron chi connectivity index (χ1n) is 7.23. The molecule has 2 rings (SSSR count). The average molecular weight is 350 g/mol. The highest BCUT2D eigenvalue weighted by Gasteiger charge is 2.27. The number of hydrogen-bond acceptors (Lipinski definition) is 5. The Hall–Kier alpha value is -2.61. The molecule has 0 aromatic heterocycles. The Bertz CT molecular complexity index is 865. The summed E-state index contributed by atoms with van der Waals surface area (Å²) in [6.45, 7) is 3.77. The van der Waals surface area contributed by atoms with E-state index in [2.05, 4.69) is 0 Å². The molecule has 0 aliphatic rings. The summed E-state index contributed by atoms with van der Waals surface area (Å²) in [5, 5.41) is 11.1. The van der Waals surface area contributed by atoms with Gasteiger partial charge in [0.25, 0.3) is 10.0 Å². The zero-order chi connectivity index (χ0) is 17.9. The summed E-state index contributed by atoms with van der Waals surface area (Å²) in [5.74, 6) is 0.0116. The number of nitro groups is 1. The molecule has 0 spiro atoms. The Morgan fingerprint density at radius 2 is 1.92 bits per heavy atom. The molecule has 24 heavy (non-hydrogen) atoms. The highest BCUT2D eigenvalue weighted by Crippen LogP contribution is 2.32. The monoisotopic (exact) mass is 350 g/mol. The Labute approximate surface area is 140 Å². The minimum atomic E-state index is -3.93. The molecule has 0 bridgehead atoms. The number of ether oxygens (including phenoxy) is 1. The summed E-state index contributed by atoms with van der Waals surface area (Å²) >= 11 is 0. The summed E-state index contributed by atoms with van der Waals surface area (Å²) in [6, 6.07) is 10.7. The number of rotatable bonds is 6. The molecule has 0 radical (unpaired) electrons. The third-order valence-corrected chi connectivity index (χ3v) is 5.41. The predicted octanol–water partition coefficient (Wildman–Crippen LogP) is 3.13. The van der Waals surface area contributed by atoms with Crippen LogP contribution in [0.2, 0.25) is 0 Å². The van der Waals surface area contributed by atoms with Gasteiger partial charge in [-0.05, 0) is 43.7 Å². The second-order valence-corrected chi connectivity index (χ2v) is 6.96. The van der Waals surface area contributed by atoms with Crippen LogP contribution in [0.25, 0.3) is 0 Å². The lowest BCUT2D eigenvalue weighted by Gasteiger charge is -2.23. The normalized spacial score (nSPS) is 11.1. The number of nitrogens with zero attached hydrogens (tertiary/aromatic N) is 2. The van der Waals surface area contributed by atoms with Crippen LogP contribution in [-0.4, -0.2) is 27.0 Å². The molecular weight excluding hydrogens is 332 g/mol. The van der Waals surface area contributed by atoms with Crippen molar-refractivity contribution in [2.75, 3.05) is 18.0 Å². The minimum Gasteiger partial charge on any atom is -0.490 e. The molecule has 2 aromatic carbocycles. The van der Waals surface area contributed by atoms with Gasteiger partial charge in [0.05, 0.1) is 22.6 Å². The van der Waals surface area contributed by atoms with Gasteiger partial charge in [-0.15, -0.1) is 0 Å². The summed E-state index contributed by atoms with van der Waals surface area (Å²) < 4.78 is 31.9. The van der Waals surface area contributed by atoms with Crippen molar-refractivity contribution in [2.45, 2.75) is 18.7 Å². The van der Waals surface area contributed by atoms with Gasteiger partial charge in [0.15, 0.2) is 5.75 Å². The fraction of sp³-hybridized carbons (Fsp3) is 0.250. The Morgan fingerprint density at radius 3 is 2.46 bits per heavy atom. The number of aryl methyl sites for hydroxylation is 1. The molecule has 7 nitrogen and oxygen atoms in total. The van der Waals surface area contributed by atoms with Crippen molar-refractivity contribution < 1.29 is 18.1 Å². The fourth-order valence-electron chi connectivity index (χ4n) is 2.37. The first kappa shape index (κ1) is 17.7. The molecule has 0 heterocycles. The van der Waals surface area contributed by atoms with Crippen LogP contribution in [0.4, 0.5) is 11.4 Å². The lowest BCUT2D eigenvalue weighted by Crippen LogP contribution is -2.30. The number of benzene rings is 2. The first-order chi connectivity index (χ1) is 11.3. The molecule has 128 valence electrons. The molecule has 8 heteroatoms. The standard InChI is InChI=1S/C16H18N2O5S/c1-4-17(13-7-5-6-12(2)10-13)24(21,22)14-8-9-16(23-3)15(11-14)18(19)20/h5-11H,4H2,1-3H3. The van der Waals surface area contributed by atoms with Gasteiger partial charge in [-0.25, -0.2) is 8.42 Å². The van der Waals surface area contributed by atoms with Crippen molar-refractivity contribution in [1.82, 2.24) is 0 Å². The summed E-state index contributed by atoms with van der Waals surface area (Å²) in [4.78, 5) is 10.3. The van der Waals surface area contributed by atoms with Crippen molar-refractivity contribution in [3.8, 4) is 5.75 Å². The number of methoxy groups -OCH3 is 1. The molecule has 0 unspecified atom stereocenters. The third kappa shape index (κ3) is 3.33. The van der Waals surface area contributed by atoms with E-state index in [1.54, 1.807) is 25.1 Å². The van der Waals surface area contributed by atoms with E-state index < -0.39 is 14.9 Å². The van der Waals surface area contributed by atoms with Gasteiger partial charge < -0.3 is 4.74 Å². The van der Waals surface area contributed by atoms with E-state index >= 15 is 0 Å². The fourth-order valence-corrected chi connectivity index (χ4v) is 3.86. The van der Waals surface area contributed by atoms with E-state index in [1.165, 1.54) is 23.5 Å². The number of nitro benzene ring substituents is 1. The summed E-state index contributed by atoms with van der Waals surface area (Å²) in [5.41, 5.74) is 1.04. The third-order valence-electron chi connectivity index (χ3n) is 3.51. The maximum absolute atomic E-state index is 12.9. The van der Waals surface area contributed by atoms with Gasteiger partial charge in [-0.2, -0.15) is 0 Å². The molecule has 0 amide bonds. The topological polar surface area (TPSA) is 89.8 Å². The largest absolute Gasteiger partial charge is 0.490 e. The molecule has 2 aromatic rings. The van der Waals surface area contributed by atoms with Crippen LogP contribution in [0, 0.1) is 17.0 Å². The molecule has 0 atom stereocenters. The van der Waals surface area contributed by atoms with Crippen LogP contribution >= 0.6 is 0 Å². The lowest BCUT2D eigenvalue weighted by molar-refractivity contribution is -0.386. The van der Waals surface area contributed by atoms with E-state index in [0.29, 0.717) is 5.69 Å². The van der Waals surface area contributed by atoms with Crippen molar-refractivity contribution in [1.29, 1.82) is 0 Å². The van der Waals surface area contributed by atoms with Gasteiger partial charge in [0.2, 0.25) is 0 Å².